The van der Waals surface area contributed by atoms with Crippen LogP contribution in [-0.2, 0) is 4.74 Å². The van der Waals surface area contributed by atoms with Crippen molar-refractivity contribution in [2.45, 2.75) is 53.1 Å². The summed E-state index contributed by atoms with van der Waals surface area (Å²) in [6.45, 7) is 11.9. The molecule has 1 aliphatic heterocycles. The second-order valence-electron chi connectivity index (χ2n) is 8.14. The van der Waals surface area contributed by atoms with Crippen molar-refractivity contribution in [3.63, 3.8) is 0 Å². The van der Waals surface area contributed by atoms with Gasteiger partial charge < -0.3 is 20.7 Å². The lowest BCUT2D eigenvalue weighted by Crippen LogP contribution is -2.42. The Labute approximate surface area is 156 Å². The summed E-state index contributed by atoms with van der Waals surface area (Å²) in [7, 11) is 0. The molecule has 6 heteroatoms. The summed E-state index contributed by atoms with van der Waals surface area (Å²) in [6.07, 6.45) is 1.61. The van der Waals surface area contributed by atoms with Crippen LogP contribution in [0.25, 0.3) is 0 Å². The van der Waals surface area contributed by atoms with Crippen LogP contribution in [0.4, 0.5) is 10.5 Å². The first-order valence-corrected chi connectivity index (χ1v) is 9.25. The van der Waals surface area contributed by atoms with E-state index in [0.29, 0.717) is 31.5 Å². The third-order valence-corrected chi connectivity index (χ3v) is 4.28. The van der Waals surface area contributed by atoms with Gasteiger partial charge in [0.25, 0.3) is 0 Å². The highest BCUT2D eigenvalue weighted by Crippen LogP contribution is 2.20. The van der Waals surface area contributed by atoms with Crippen LogP contribution in [-0.4, -0.2) is 42.2 Å². The van der Waals surface area contributed by atoms with Crippen molar-refractivity contribution in [3.05, 3.63) is 29.3 Å². The van der Waals surface area contributed by atoms with Crippen LogP contribution < -0.4 is 11.1 Å². The average molecular weight is 361 g/mol. The average Bonchev–Trinajstić information content (AvgIpc) is 2.50. The number of likely N-dealkylation sites (tertiary alicyclic amines) is 1. The van der Waals surface area contributed by atoms with Gasteiger partial charge in [0.05, 0.1) is 0 Å². The first-order valence-electron chi connectivity index (χ1n) is 9.25. The zero-order chi connectivity index (χ0) is 19.3. The second kappa shape index (κ2) is 8.43. The van der Waals surface area contributed by atoms with Crippen molar-refractivity contribution >= 4 is 17.7 Å². The molecular formula is C20H32N4O2. The predicted molar refractivity (Wildman–Crippen MR) is 107 cm³/mol. The number of aryl methyl sites for hydroxylation is 2. The maximum atomic E-state index is 12.1. The number of anilines is 1. The van der Waals surface area contributed by atoms with E-state index >= 15 is 0 Å². The first kappa shape index (κ1) is 20.1. The molecule has 0 spiro atoms. The lowest BCUT2D eigenvalue weighted by molar-refractivity contribution is 0.0187. The first-order chi connectivity index (χ1) is 12.1. The smallest absolute Gasteiger partial charge is 0.410 e. The highest BCUT2D eigenvalue weighted by Gasteiger charge is 2.26. The Kier molecular flexibility index (Phi) is 6.51. The highest BCUT2D eigenvalue weighted by molar-refractivity contribution is 5.92. The van der Waals surface area contributed by atoms with Gasteiger partial charge in [-0.05, 0) is 76.6 Å². The maximum Gasteiger partial charge on any atom is 0.410 e. The number of carbonyl (C=O) groups excluding carboxylic acids is 1. The molecule has 1 aromatic carbocycles. The van der Waals surface area contributed by atoms with Gasteiger partial charge in [-0.25, -0.2) is 4.79 Å². The van der Waals surface area contributed by atoms with E-state index in [4.69, 9.17) is 10.5 Å². The molecule has 0 unspecified atom stereocenters. The summed E-state index contributed by atoms with van der Waals surface area (Å²) < 4.78 is 5.43. The van der Waals surface area contributed by atoms with Gasteiger partial charge in [-0.2, -0.15) is 0 Å². The summed E-state index contributed by atoms with van der Waals surface area (Å²) in [4.78, 5) is 18.4. The van der Waals surface area contributed by atoms with Crippen LogP contribution in [0.2, 0.25) is 0 Å². The number of benzene rings is 1. The summed E-state index contributed by atoms with van der Waals surface area (Å²) in [6, 6.07) is 6.22. The summed E-state index contributed by atoms with van der Waals surface area (Å²) in [5, 5.41) is 3.16. The standard InChI is InChI=1S/C20H32N4O2/c1-14-10-15(2)12-17(11-14)23-18(21)22-13-16-6-8-24(9-7-16)19(25)26-20(3,4)5/h10-12,16H,6-9,13H2,1-5H3,(H3,21,22,23). The minimum Gasteiger partial charge on any atom is -0.444 e. The van der Waals surface area contributed by atoms with Crippen LogP contribution in [0.3, 0.4) is 0 Å². The molecule has 3 N–H and O–H groups in total. The van der Waals surface area contributed by atoms with Crippen LogP contribution in [0.1, 0.15) is 44.7 Å². The predicted octanol–water partition coefficient (Wildman–Crippen LogP) is 3.68. The molecule has 1 saturated heterocycles. The van der Waals surface area contributed by atoms with Crippen molar-refractivity contribution in [3.8, 4) is 0 Å². The van der Waals surface area contributed by atoms with Crippen molar-refractivity contribution in [1.29, 1.82) is 0 Å². The molecule has 1 amide bonds. The SMILES string of the molecule is Cc1cc(C)cc(NC(N)=NCC2CCN(C(=O)OC(C)(C)C)CC2)c1. The van der Waals surface area contributed by atoms with E-state index in [1.807, 2.05) is 20.8 Å². The monoisotopic (exact) mass is 360 g/mol. The van der Waals surface area contributed by atoms with Gasteiger partial charge in [0.1, 0.15) is 5.60 Å². The molecule has 144 valence electrons. The molecule has 0 saturated carbocycles. The number of guanidine groups is 1. The van der Waals surface area contributed by atoms with Crippen molar-refractivity contribution in [2.24, 2.45) is 16.6 Å². The largest absolute Gasteiger partial charge is 0.444 e. The van der Waals surface area contributed by atoms with Gasteiger partial charge in [-0.1, -0.05) is 6.07 Å². The quantitative estimate of drug-likeness (QED) is 0.636. The molecule has 1 aromatic rings. The van der Waals surface area contributed by atoms with E-state index in [9.17, 15) is 4.79 Å². The summed E-state index contributed by atoms with van der Waals surface area (Å²) >= 11 is 0. The van der Waals surface area contributed by atoms with Crippen LogP contribution in [0.15, 0.2) is 23.2 Å². The van der Waals surface area contributed by atoms with Gasteiger partial charge in [0.2, 0.25) is 0 Å². The molecule has 0 aromatic heterocycles. The molecular weight excluding hydrogens is 328 g/mol. The number of hydrogen-bond donors (Lipinski definition) is 2. The van der Waals surface area contributed by atoms with Gasteiger partial charge in [0, 0.05) is 25.3 Å². The van der Waals surface area contributed by atoms with Crippen molar-refractivity contribution < 1.29 is 9.53 Å². The molecule has 1 fully saturated rings. The number of carbonyl (C=O) groups is 1. The Morgan fingerprint density at radius 3 is 2.35 bits per heavy atom. The van der Waals surface area contributed by atoms with Crippen molar-refractivity contribution in [1.82, 2.24) is 4.90 Å². The minimum atomic E-state index is -0.452. The van der Waals surface area contributed by atoms with E-state index in [2.05, 4.69) is 42.4 Å². The van der Waals surface area contributed by atoms with Gasteiger partial charge in [-0.3, -0.25) is 4.99 Å². The normalized spacial score (nSPS) is 16.5. The van der Waals surface area contributed by atoms with E-state index < -0.39 is 5.60 Å². The molecule has 0 radical (unpaired) electrons. The lowest BCUT2D eigenvalue weighted by Gasteiger charge is -2.33. The number of nitrogens with one attached hydrogen (secondary N) is 1. The van der Waals surface area contributed by atoms with Crippen LogP contribution in [0, 0.1) is 19.8 Å². The molecule has 1 aliphatic rings. The third-order valence-electron chi connectivity index (χ3n) is 4.28. The molecule has 0 aliphatic carbocycles. The molecule has 0 atom stereocenters. The molecule has 0 bridgehead atoms. The Hall–Kier alpha value is -2.24. The minimum absolute atomic E-state index is 0.226. The highest BCUT2D eigenvalue weighted by atomic mass is 16.6. The van der Waals surface area contributed by atoms with Gasteiger partial charge in [-0.15, -0.1) is 0 Å². The number of hydrogen-bond acceptors (Lipinski definition) is 3. The Bertz CT molecular complexity index is 636. The van der Waals surface area contributed by atoms with Gasteiger partial charge in [0.15, 0.2) is 5.96 Å². The number of nitrogens with zero attached hydrogens (tertiary/aromatic N) is 2. The fourth-order valence-electron chi connectivity index (χ4n) is 3.09. The fourth-order valence-corrected chi connectivity index (χ4v) is 3.09. The van der Waals surface area contributed by atoms with E-state index in [-0.39, 0.29) is 6.09 Å². The Balaban J connectivity index is 1.80. The van der Waals surface area contributed by atoms with E-state index in [1.165, 1.54) is 11.1 Å². The number of ether oxygens (including phenoxy) is 1. The fraction of sp³-hybridized carbons (Fsp3) is 0.600. The van der Waals surface area contributed by atoms with Crippen LogP contribution >= 0.6 is 0 Å². The second-order valence-corrected chi connectivity index (χ2v) is 8.14. The number of piperidine rings is 1. The third kappa shape index (κ3) is 6.58. The van der Waals surface area contributed by atoms with E-state index in [1.54, 1.807) is 4.90 Å². The zero-order valence-corrected chi connectivity index (χ0v) is 16.6. The number of aliphatic imine (C=N–C) groups is 1. The summed E-state index contributed by atoms with van der Waals surface area (Å²) in [5.74, 6) is 0.873. The number of rotatable bonds is 3. The molecule has 2 rings (SSSR count). The molecule has 6 nitrogen and oxygen atoms in total. The number of amides is 1. The zero-order valence-electron chi connectivity index (χ0n) is 16.6. The number of nitrogens with two attached hydrogens (primary N) is 1. The Morgan fingerprint density at radius 1 is 1.23 bits per heavy atom. The summed E-state index contributed by atoms with van der Waals surface area (Å²) in [5.41, 5.74) is 8.91. The Morgan fingerprint density at radius 2 is 1.81 bits per heavy atom. The molecule has 26 heavy (non-hydrogen) atoms. The van der Waals surface area contributed by atoms with E-state index in [0.717, 1.165) is 18.5 Å². The van der Waals surface area contributed by atoms with Crippen LogP contribution in [0.5, 0.6) is 0 Å². The maximum absolute atomic E-state index is 12.1. The van der Waals surface area contributed by atoms with Crippen molar-refractivity contribution in [2.75, 3.05) is 25.0 Å². The lowest BCUT2D eigenvalue weighted by atomic mass is 9.97. The topological polar surface area (TPSA) is 80.0 Å². The molecule has 1 heterocycles. The van der Waals surface area contributed by atoms with Gasteiger partial charge >= 0.3 is 6.09 Å².